The Morgan fingerprint density at radius 2 is 2.20 bits per heavy atom. The summed E-state index contributed by atoms with van der Waals surface area (Å²) in [5.41, 5.74) is 0. The molecular weight excluding hydrogens is 261 g/mol. The van der Waals surface area contributed by atoms with Gasteiger partial charge in [-0.1, -0.05) is 18.6 Å². The molecule has 1 saturated heterocycles. The van der Waals surface area contributed by atoms with E-state index in [-0.39, 0.29) is 24.0 Å². The van der Waals surface area contributed by atoms with Crippen molar-refractivity contribution in [1.29, 1.82) is 0 Å². The van der Waals surface area contributed by atoms with E-state index in [0.29, 0.717) is 13.2 Å². The Morgan fingerprint density at radius 3 is 2.95 bits per heavy atom. The zero-order valence-electron chi connectivity index (χ0n) is 11.4. The summed E-state index contributed by atoms with van der Waals surface area (Å²) in [6.45, 7) is 1.89. The highest BCUT2D eigenvalue weighted by molar-refractivity contribution is 5.67. The fraction of sp³-hybridized carbons (Fsp3) is 0.533. The van der Waals surface area contributed by atoms with Crippen LogP contribution in [-0.2, 0) is 4.79 Å². The Morgan fingerprint density at radius 1 is 1.40 bits per heavy atom. The molecule has 1 aromatic rings. The van der Waals surface area contributed by atoms with Gasteiger partial charge in [0.15, 0.2) is 11.6 Å². The third-order valence-electron chi connectivity index (χ3n) is 3.63. The molecule has 1 unspecified atom stereocenters. The summed E-state index contributed by atoms with van der Waals surface area (Å²) in [6, 6.07) is 6.39. The summed E-state index contributed by atoms with van der Waals surface area (Å²) in [6.07, 6.45) is 3.23. The molecule has 0 aliphatic carbocycles. The van der Waals surface area contributed by atoms with Crippen LogP contribution < -0.4 is 4.74 Å². The van der Waals surface area contributed by atoms with Crippen molar-refractivity contribution in [2.75, 3.05) is 19.7 Å². The Hall–Kier alpha value is -1.62. The van der Waals surface area contributed by atoms with Gasteiger partial charge in [0.05, 0.1) is 6.42 Å². The van der Waals surface area contributed by atoms with Gasteiger partial charge in [-0.25, -0.2) is 4.39 Å². The SMILES string of the molecule is O=C(O)CC1CCCCN1CCOc1ccccc1F. The smallest absolute Gasteiger partial charge is 0.304 e. The molecule has 5 heteroatoms. The van der Waals surface area contributed by atoms with Gasteiger partial charge in [0.2, 0.25) is 0 Å². The van der Waals surface area contributed by atoms with Crippen molar-refractivity contribution < 1.29 is 19.0 Å². The molecule has 0 aromatic heterocycles. The number of carboxylic acid groups (broad SMARTS) is 1. The second-order valence-corrected chi connectivity index (χ2v) is 5.06. The van der Waals surface area contributed by atoms with Gasteiger partial charge < -0.3 is 9.84 Å². The summed E-state index contributed by atoms with van der Waals surface area (Å²) < 4.78 is 18.8. The normalized spacial score (nSPS) is 19.8. The number of piperidine rings is 1. The number of hydrogen-bond acceptors (Lipinski definition) is 3. The highest BCUT2D eigenvalue weighted by Gasteiger charge is 2.24. The predicted octanol–water partition coefficient (Wildman–Crippen LogP) is 2.53. The number of halogens is 1. The van der Waals surface area contributed by atoms with E-state index in [1.807, 2.05) is 0 Å². The van der Waals surface area contributed by atoms with Crippen LogP contribution in [0.2, 0.25) is 0 Å². The van der Waals surface area contributed by atoms with Crippen LogP contribution in [0.3, 0.4) is 0 Å². The lowest BCUT2D eigenvalue weighted by atomic mass is 9.99. The third kappa shape index (κ3) is 4.20. The minimum atomic E-state index is -0.767. The van der Waals surface area contributed by atoms with Gasteiger partial charge in [0, 0.05) is 12.6 Å². The fourth-order valence-corrected chi connectivity index (χ4v) is 2.62. The number of carboxylic acids is 1. The van der Waals surface area contributed by atoms with Crippen molar-refractivity contribution in [3.8, 4) is 5.75 Å². The number of aliphatic carboxylic acids is 1. The minimum Gasteiger partial charge on any atom is -0.489 e. The summed E-state index contributed by atoms with van der Waals surface area (Å²) >= 11 is 0. The van der Waals surface area contributed by atoms with E-state index in [0.717, 1.165) is 25.8 Å². The second-order valence-electron chi connectivity index (χ2n) is 5.06. The minimum absolute atomic E-state index is 0.0745. The van der Waals surface area contributed by atoms with E-state index in [1.165, 1.54) is 6.07 Å². The molecule has 0 bridgehead atoms. The maximum absolute atomic E-state index is 13.4. The summed E-state index contributed by atoms with van der Waals surface area (Å²) in [5, 5.41) is 8.92. The number of ether oxygens (including phenoxy) is 1. The van der Waals surface area contributed by atoms with Gasteiger partial charge in [-0.2, -0.15) is 0 Å². The maximum atomic E-state index is 13.4. The molecule has 1 N–H and O–H groups in total. The van der Waals surface area contributed by atoms with Crippen molar-refractivity contribution in [3.63, 3.8) is 0 Å². The first kappa shape index (κ1) is 14.8. The molecule has 0 radical (unpaired) electrons. The summed E-state index contributed by atoms with van der Waals surface area (Å²) in [5.74, 6) is -0.885. The largest absolute Gasteiger partial charge is 0.489 e. The van der Waals surface area contributed by atoms with Gasteiger partial charge >= 0.3 is 5.97 Å². The van der Waals surface area contributed by atoms with Crippen molar-refractivity contribution in [1.82, 2.24) is 4.90 Å². The predicted molar refractivity (Wildman–Crippen MR) is 73.4 cm³/mol. The van der Waals surface area contributed by atoms with Crippen molar-refractivity contribution in [3.05, 3.63) is 30.1 Å². The lowest BCUT2D eigenvalue weighted by Gasteiger charge is -2.34. The average Bonchev–Trinajstić information content (AvgIpc) is 2.42. The quantitative estimate of drug-likeness (QED) is 0.870. The molecule has 20 heavy (non-hydrogen) atoms. The van der Waals surface area contributed by atoms with Crippen LogP contribution in [0.4, 0.5) is 4.39 Å². The molecule has 1 aliphatic heterocycles. The number of para-hydroxylation sites is 1. The first-order valence-electron chi connectivity index (χ1n) is 7.00. The molecule has 4 nitrogen and oxygen atoms in total. The van der Waals surface area contributed by atoms with Gasteiger partial charge in [-0.15, -0.1) is 0 Å². The first-order valence-corrected chi connectivity index (χ1v) is 7.00. The molecule has 110 valence electrons. The Kier molecular flexibility index (Phi) is 5.35. The lowest BCUT2D eigenvalue weighted by Crippen LogP contribution is -2.42. The number of rotatable bonds is 6. The van der Waals surface area contributed by atoms with Gasteiger partial charge in [-0.3, -0.25) is 9.69 Å². The van der Waals surface area contributed by atoms with Crippen LogP contribution in [0, 0.1) is 5.82 Å². The Balaban J connectivity index is 1.82. The molecule has 0 saturated carbocycles. The second kappa shape index (κ2) is 7.24. The molecule has 1 atom stereocenters. The van der Waals surface area contributed by atoms with E-state index in [2.05, 4.69) is 4.90 Å². The molecule has 0 spiro atoms. The third-order valence-corrected chi connectivity index (χ3v) is 3.63. The molecule has 1 aliphatic rings. The summed E-state index contributed by atoms with van der Waals surface area (Å²) in [4.78, 5) is 13.0. The zero-order chi connectivity index (χ0) is 14.4. The Bertz CT molecular complexity index is 452. The Labute approximate surface area is 118 Å². The first-order chi connectivity index (χ1) is 9.66. The number of likely N-dealkylation sites (tertiary alicyclic amines) is 1. The molecule has 1 aromatic carbocycles. The highest BCUT2D eigenvalue weighted by atomic mass is 19.1. The number of nitrogens with zero attached hydrogens (tertiary/aromatic N) is 1. The van der Waals surface area contributed by atoms with Crippen LogP contribution in [0.15, 0.2) is 24.3 Å². The van der Waals surface area contributed by atoms with Gasteiger partial charge in [0.25, 0.3) is 0 Å². The van der Waals surface area contributed by atoms with E-state index in [4.69, 9.17) is 9.84 Å². The lowest BCUT2D eigenvalue weighted by molar-refractivity contribution is -0.138. The van der Waals surface area contributed by atoms with Crippen molar-refractivity contribution in [2.45, 2.75) is 31.7 Å². The number of benzene rings is 1. The molecular formula is C15H20FNO3. The number of hydrogen-bond donors (Lipinski definition) is 1. The van der Waals surface area contributed by atoms with Crippen LogP contribution in [-0.4, -0.2) is 41.7 Å². The van der Waals surface area contributed by atoms with Crippen molar-refractivity contribution in [2.24, 2.45) is 0 Å². The van der Waals surface area contributed by atoms with E-state index >= 15 is 0 Å². The van der Waals surface area contributed by atoms with Gasteiger partial charge in [-0.05, 0) is 31.5 Å². The van der Waals surface area contributed by atoms with Crippen LogP contribution in [0.5, 0.6) is 5.75 Å². The average molecular weight is 281 g/mol. The topological polar surface area (TPSA) is 49.8 Å². The highest BCUT2D eigenvalue weighted by Crippen LogP contribution is 2.20. The van der Waals surface area contributed by atoms with E-state index in [9.17, 15) is 9.18 Å². The zero-order valence-corrected chi connectivity index (χ0v) is 11.4. The monoisotopic (exact) mass is 281 g/mol. The molecule has 1 fully saturated rings. The molecule has 1 heterocycles. The van der Waals surface area contributed by atoms with Crippen LogP contribution >= 0.6 is 0 Å². The standard InChI is InChI=1S/C15H20FNO3/c16-13-6-1-2-7-14(13)20-10-9-17-8-4-3-5-12(17)11-15(18)19/h1-2,6-7,12H,3-5,8-11H2,(H,18,19). The van der Waals surface area contributed by atoms with Crippen molar-refractivity contribution >= 4 is 5.97 Å². The molecule has 0 amide bonds. The summed E-state index contributed by atoms with van der Waals surface area (Å²) in [7, 11) is 0. The molecule has 2 rings (SSSR count). The van der Waals surface area contributed by atoms with Crippen LogP contribution in [0.25, 0.3) is 0 Å². The maximum Gasteiger partial charge on any atom is 0.304 e. The van der Waals surface area contributed by atoms with Gasteiger partial charge in [0.1, 0.15) is 6.61 Å². The number of carbonyl (C=O) groups is 1. The van der Waals surface area contributed by atoms with Crippen LogP contribution in [0.1, 0.15) is 25.7 Å². The van der Waals surface area contributed by atoms with E-state index < -0.39 is 5.97 Å². The van der Waals surface area contributed by atoms with E-state index in [1.54, 1.807) is 18.2 Å². The fourth-order valence-electron chi connectivity index (χ4n) is 2.62.